The fourth-order valence-corrected chi connectivity index (χ4v) is 2.29. The highest BCUT2D eigenvalue weighted by atomic mass is 19.3. The maximum atomic E-state index is 12.8. The fraction of sp³-hybridized carbons (Fsp3) is 0.143. The number of halogens is 2. The quantitative estimate of drug-likeness (QED) is 0.630. The van der Waals surface area contributed by atoms with Crippen molar-refractivity contribution in [3.63, 3.8) is 0 Å². The summed E-state index contributed by atoms with van der Waals surface area (Å²) in [5.41, 5.74) is 0.401. The van der Waals surface area contributed by atoms with Crippen LogP contribution in [0.3, 0.4) is 0 Å². The van der Waals surface area contributed by atoms with Gasteiger partial charge in [0.15, 0.2) is 0 Å². The van der Waals surface area contributed by atoms with E-state index in [1.807, 2.05) is 0 Å². The van der Waals surface area contributed by atoms with Gasteiger partial charge in [-0.2, -0.15) is 0 Å². The predicted molar refractivity (Wildman–Crippen MR) is 69.4 cm³/mol. The number of hydrogen-bond acceptors (Lipinski definition) is 2. The lowest BCUT2D eigenvalue weighted by atomic mass is 10.1. The second-order valence-corrected chi connectivity index (χ2v) is 4.36. The van der Waals surface area contributed by atoms with Crippen LogP contribution in [0.2, 0.25) is 0 Å². The molecule has 0 bridgehead atoms. The zero-order valence-corrected chi connectivity index (χ0v) is 10.1. The van der Waals surface area contributed by atoms with Crippen LogP contribution in [0.15, 0.2) is 41.5 Å². The summed E-state index contributed by atoms with van der Waals surface area (Å²) < 4.78 is 27.0. The molecule has 0 unspecified atom stereocenters. The summed E-state index contributed by atoms with van der Waals surface area (Å²) in [4.78, 5) is 16.1. The molecule has 5 heteroatoms. The third kappa shape index (κ3) is 1.69. The van der Waals surface area contributed by atoms with Crippen molar-refractivity contribution in [2.75, 3.05) is 0 Å². The summed E-state index contributed by atoms with van der Waals surface area (Å²) in [5.74, 6) is 0. The molecule has 0 N–H and O–H groups in total. The van der Waals surface area contributed by atoms with Gasteiger partial charge in [0.2, 0.25) is 0 Å². The minimum Gasteiger partial charge on any atom is -0.311 e. The zero-order chi connectivity index (χ0) is 13.6. The first-order valence-electron chi connectivity index (χ1n) is 5.74. The van der Waals surface area contributed by atoms with E-state index >= 15 is 0 Å². The lowest BCUT2D eigenvalue weighted by Gasteiger charge is -2.10. The average molecular weight is 260 g/mol. The summed E-state index contributed by atoms with van der Waals surface area (Å²) in [6.45, 7) is 0. The molecule has 2 heterocycles. The molecule has 0 atom stereocenters. The molecule has 2 aromatic heterocycles. The Labute approximate surface area is 107 Å². The Morgan fingerprint density at radius 1 is 1.16 bits per heavy atom. The Balaban J connectivity index is 2.56. The zero-order valence-electron chi connectivity index (χ0n) is 10.1. The highest BCUT2D eigenvalue weighted by Gasteiger charge is 2.12. The van der Waals surface area contributed by atoms with Crippen LogP contribution in [-0.2, 0) is 7.05 Å². The van der Waals surface area contributed by atoms with Crippen molar-refractivity contribution in [2.24, 2.45) is 7.05 Å². The molecule has 0 fully saturated rings. The first-order chi connectivity index (χ1) is 9.09. The van der Waals surface area contributed by atoms with E-state index in [2.05, 4.69) is 4.98 Å². The smallest absolute Gasteiger partial charge is 0.263 e. The van der Waals surface area contributed by atoms with Crippen LogP contribution in [0.4, 0.5) is 8.78 Å². The van der Waals surface area contributed by atoms with E-state index in [0.29, 0.717) is 21.7 Å². The minimum absolute atomic E-state index is 0.0516. The second kappa shape index (κ2) is 4.12. The molecule has 0 spiro atoms. The van der Waals surface area contributed by atoms with Gasteiger partial charge in [-0.15, -0.1) is 0 Å². The number of aromatic nitrogens is 2. The molecule has 0 aliphatic heterocycles. The Kier molecular flexibility index (Phi) is 2.55. The van der Waals surface area contributed by atoms with Crippen molar-refractivity contribution in [1.82, 2.24) is 9.55 Å². The van der Waals surface area contributed by atoms with E-state index in [1.54, 1.807) is 25.4 Å². The van der Waals surface area contributed by atoms with Crippen LogP contribution in [0.5, 0.6) is 0 Å². The molecule has 96 valence electrons. The molecule has 0 saturated carbocycles. The maximum Gasteiger partial charge on any atom is 0.263 e. The van der Waals surface area contributed by atoms with Crippen LogP contribution in [0.1, 0.15) is 12.0 Å². The van der Waals surface area contributed by atoms with Crippen LogP contribution < -0.4 is 5.56 Å². The summed E-state index contributed by atoms with van der Waals surface area (Å²) in [6.07, 6.45) is 0.487. The van der Waals surface area contributed by atoms with Crippen LogP contribution >= 0.6 is 0 Å². The highest BCUT2D eigenvalue weighted by molar-refractivity contribution is 6.05. The van der Waals surface area contributed by atoms with Gasteiger partial charge in [0.1, 0.15) is 0 Å². The van der Waals surface area contributed by atoms with Gasteiger partial charge in [0, 0.05) is 30.4 Å². The van der Waals surface area contributed by atoms with Crippen LogP contribution in [0, 0.1) is 0 Å². The number of nitrogens with zero attached hydrogens (tertiary/aromatic N) is 2. The number of hydrogen-bond donors (Lipinski definition) is 0. The lowest BCUT2D eigenvalue weighted by molar-refractivity contribution is 0.151. The standard InChI is InChI=1S/C14H10F2N2O/c1-18-12-3-2-8(13(15)16)6-10(12)9-4-5-17-7-11(9)14(18)19/h2-7,13H,1H3. The molecule has 0 aliphatic carbocycles. The topological polar surface area (TPSA) is 34.9 Å². The van der Waals surface area contributed by atoms with E-state index in [-0.39, 0.29) is 11.1 Å². The normalized spacial score (nSPS) is 11.6. The molecule has 3 nitrogen and oxygen atoms in total. The van der Waals surface area contributed by atoms with Crippen molar-refractivity contribution in [2.45, 2.75) is 6.43 Å². The number of benzene rings is 1. The SMILES string of the molecule is Cn1c(=O)c2cnccc2c2cc(C(F)F)ccc21. The van der Waals surface area contributed by atoms with Crippen molar-refractivity contribution in [3.05, 3.63) is 52.6 Å². The van der Waals surface area contributed by atoms with Crippen molar-refractivity contribution in [3.8, 4) is 0 Å². The van der Waals surface area contributed by atoms with E-state index in [1.165, 1.54) is 22.9 Å². The van der Waals surface area contributed by atoms with Gasteiger partial charge in [0.25, 0.3) is 12.0 Å². The Bertz CT molecular complexity index is 840. The molecule has 19 heavy (non-hydrogen) atoms. The first-order valence-corrected chi connectivity index (χ1v) is 5.74. The number of fused-ring (bicyclic) bond motifs is 3. The fourth-order valence-electron chi connectivity index (χ4n) is 2.29. The number of pyridine rings is 2. The monoisotopic (exact) mass is 260 g/mol. The molecule has 0 radical (unpaired) electrons. The largest absolute Gasteiger partial charge is 0.311 e. The summed E-state index contributed by atoms with van der Waals surface area (Å²) in [7, 11) is 1.62. The van der Waals surface area contributed by atoms with E-state index in [0.717, 1.165) is 0 Å². The first kappa shape index (κ1) is 11.8. The maximum absolute atomic E-state index is 12.8. The van der Waals surface area contributed by atoms with Crippen LogP contribution in [-0.4, -0.2) is 9.55 Å². The summed E-state index contributed by atoms with van der Waals surface area (Å²) >= 11 is 0. The van der Waals surface area contributed by atoms with Gasteiger partial charge in [-0.1, -0.05) is 6.07 Å². The van der Waals surface area contributed by atoms with Crippen molar-refractivity contribution < 1.29 is 8.78 Å². The van der Waals surface area contributed by atoms with Crippen molar-refractivity contribution >= 4 is 21.7 Å². The van der Waals surface area contributed by atoms with Crippen molar-refractivity contribution in [1.29, 1.82) is 0 Å². The van der Waals surface area contributed by atoms with Gasteiger partial charge in [0.05, 0.1) is 10.9 Å². The summed E-state index contributed by atoms with van der Waals surface area (Å²) in [5, 5.41) is 1.72. The minimum atomic E-state index is -2.53. The molecular weight excluding hydrogens is 250 g/mol. The Morgan fingerprint density at radius 2 is 1.95 bits per heavy atom. The Hall–Kier alpha value is -2.30. The molecule has 3 aromatic rings. The third-order valence-electron chi connectivity index (χ3n) is 3.28. The van der Waals surface area contributed by atoms with E-state index < -0.39 is 6.43 Å². The molecule has 3 rings (SSSR count). The van der Waals surface area contributed by atoms with Gasteiger partial charge in [-0.25, -0.2) is 8.78 Å². The molecule has 0 aliphatic rings. The number of alkyl halides is 2. The number of rotatable bonds is 1. The van der Waals surface area contributed by atoms with E-state index in [9.17, 15) is 13.6 Å². The Morgan fingerprint density at radius 3 is 2.68 bits per heavy atom. The molecular formula is C14H10F2N2O. The van der Waals surface area contributed by atoms with E-state index in [4.69, 9.17) is 0 Å². The van der Waals surface area contributed by atoms with Gasteiger partial charge in [-0.05, 0) is 23.6 Å². The molecule has 0 saturated heterocycles. The summed E-state index contributed by atoms with van der Waals surface area (Å²) in [6, 6.07) is 6.01. The van der Waals surface area contributed by atoms with Gasteiger partial charge in [-0.3, -0.25) is 9.78 Å². The van der Waals surface area contributed by atoms with Gasteiger partial charge >= 0.3 is 0 Å². The lowest BCUT2D eigenvalue weighted by Crippen LogP contribution is -2.17. The highest BCUT2D eigenvalue weighted by Crippen LogP contribution is 2.27. The number of aryl methyl sites for hydroxylation is 1. The third-order valence-corrected chi connectivity index (χ3v) is 3.28. The second-order valence-electron chi connectivity index (χ2n) is 4.36. The molecule has 1 aromatic carbocycles. The van der Waals surface area contributed by atoms with Crippen LogP contribution in [0.25, 0.3) is 21.7 Å². The van der Waals surface area contributed by atoms with Gasteiger partial charge < -0.3 is 4.57 Å². The molecule has 0 amide bonds. The average Bonchev–Trinajstić information content (AvgIpc) is 2.44. The predicted octanol–water partition coefficient (Wildman–Crippen LogP) is 3.02.